The lowest BCUT2D eigenvalue weighted by molar-refractivity contribution is 0.203. The summed E-state index contributed by atoms with van der Waals surface area (Å²) in [5, 5.41) is 6.63. The predicted octanol–water partition coefficient (Wildman–Crippen LogP) is 3.61. The first kappa shape index (κ1) is 14.6. The van der Waals surface area contributed by atoms with Gasteiger partial charge >= 0.3 is 6.03 Å². The van der Waals surface area contributed by atoms with Crippen LogP contribution in [-0.4, -0.2) is 28.7 Å². The summed E-state index contributed by atoms with van der Waals surface area (Å²) in [7, 11) is 0. The monoisotopic (exact) mass is 299 g/mol. The van der Waals surface area contributed by atoms with E-state index in [2.05, 4.69) is 34.7 Å². The molecule has 1 aromatic carbocycles. The Kier molecular flexibility index (Phi) is 4.42. The number of hydrogen-bond acceptors (Lipinski definition) is 3. The van der Waals surface area contributed by atoms with Gasteiger partial charge in [-0.15, -0.1) is 0 Å². The second-order valence-electron chi connectivity index (χ2n) is 5.77. The minimum Gasteiger partial charge on any atom is -0.360 e. The fourth-order valence-corrected chi connectivity index (χ4v) is 2.99. The molecule has 1 aliphatic rings. The number of carbonyl (C=O) groups is 1. The Morgan fingerprint density at radius 2 is 2.23 bits per heavy atom. The van der Waals surface area contributed by atoms with Crippen LogP contribution in [0.15, 0.2) is 40.9 Å². The molecular weight excluding hydrogens is 278 g/mol. The van der Waals surface area contributed by atoms with Crippen LogP contribution in [0.25, 0.3) is 0 Å². The largest absolute Gasteiger partial charge is 0.360 e. The van der Waals surface area contributed by atoms with E-state index < -0.39 is 0 Å². The number of benzene rings is 1. The normalized spacial score (nSPS) is 17.7. The number of nitrogens with one attached hydrogen (secondary N) is 1. The summed E-state index contributed by atoms with van der Waals surface area (Å²) in [6.45, 7) is 2.61. The SMILES string of the molecule is Cc1cc(NC(=O)N2CCC[C@@H]2CCc2ccccc2)no1. The van der Waals surface area contributed by atoms with Crippen LogP contribution in [0.1, 0.15) is 30.6 Å². The highest BCUT2D eigenvalue weighted by Crippen LogP contribution is 2.23. The molecule has 0 radical (unpaired) electrons. The highest BCUT2D eigenvalue weighted by atomic mass is 16.5. The highest BCUT2D eigenvalue weighted by molar-refractivity contribution is 5.88. The first-order valence-electron chi connectivity index (χ1n) is 7.77. The van der Waals surface area contributed by atoms with Gasteiger partial charge < -0.3 is 9.42 Å². The van der Waals surface area contributed by atoms with Crippen molar-refractivity contribution in [1.29, 1.82) is 0 Å². The maximum atomic E-state index is 12.4. The molecule has 0 bridgehead atoms. The van der Waals surface area contributed by atoms with Crippen molar-refractivity contribution in [1.82, 2.24) is 10.1 Å². The van der Waals surface area contributed by atoms with Gasteiger partial charge in [0.2, 0.25) is 0 Å². The lowest BCUT2D eigenvalue weighted by atomic mass is 10.0. The molecule has 2 amide bonds. The van der Waals surface area contributed by atoms with Crippen molar-refractivity contribution < 1.29 is 9.32 Å². The molecule has 0 spiro atoms. The first-order chi connectivity index (χ1) is 10.7. The van der Waals surface area contributed by atoms with Crippen LogP contribution in [0.2, 0.25) is 0 Å². The van der Waals surface area contributed by atoms with Gasteiger partial charge in [0.25, 0.3) is 0 Å². The van der Waals surface area contributed by atoms with Gasteiger partial charge in [0.1, 0.15) is 5.76 Å². The average Bonchev–Trinajstić information content (AvgIpc) is 3.15. The molecule has 5 nitrogen and oxygen atoms in total. The lowest BCUT2D eigenvalue weighted by Gasteiger charge is -2.24. The number of aromatic nitrogens is 1. The van der Waals surface area contributed by atoms with E-state index >= 15 is 0 Å². The Morgan fingerprint density at radius 1 is 1.41 bits per heavy atom. The van der Waals surface area contributed by atoms with Crippen LogP contribution >= 0.6 is 0 Å². The van der Waals surface area contributed by atoms with E-state index in [0.29, 0.717) is 17.6 Å². The zero-order chi connectivity index (χ0) is 15.4. The van der Waals surface area contributed by atoms with Gasteiger partial charge in [-0.1, -0.05) is 35.5 Å². The van der Waals surface area contributed by atoms with Gasteiger partial charge in [0, 0.05) is 18.7 Å². The zero-order valence-electron chi connectivity index (χ0n) is 12.8. The van der Waals surface area contributed by atoms with Crippen molar-refractivity contribution in [3.8, 4) is 0 Å². The number of nitrogens with zero attached hydrogens (tertiary/aromatic N) is 2. The molecule has 0 saturated carbocycles. The van der Waals surface area contributed by atoms with Crippen molar-refractivity contribution in [3.63, 3.8) is 0 Å². The Hall–Kier alpha value is -2.30. The quantitative estimate of drug-likeness (QED) is 0.938. The van der Waals surface area contributed by atoms with E-state index in [0.717, 1.165) is 32.2 Å². The summed E-state index contributed by atoms with van der Waals surface area (Å²) in [6.07, 6.45) is 4.12. The van der Waals surface area contributed by atoms with Crippen LogP contribution in [0.5, 0.6) is 0 Å². The minimum absolute atomic E-state index is 0.0798. The zero-order valence-corrected chi connectivity index (χ0v) is 12.8. The van der Waals surface area contributed by atoms with Crippen molar-refractivity contribution in [2.45, 2.75) is 38.6 Å². The van der Waals surface area contributed by atoms with Gasteiger partial charge in [-0.25, -0.2) is 4.79 Å². The highest BCUT2D eigenvalue weighted by Gasteiger charge is 2.28. The van der Waals surface area contributed by atoms with Crippen molar-refractivity contribution in [3.05, 3.63) is 47.7 Å². The fourth-order valence-electron chi connectivity index (χ4n) is 2.99. The van der Waals surface area contributed by atoms with E-state index in [9.17, 15) is 4.79 Å². The van der Waals surface area contributed by atoms with Gasteiger partial charge in [-0.2, -0.15) is 0 Å². The van der Waals surface area contributed by atoms with Crippen molar-refractivity contribution in [2.75, 3.05) is 11.9 Å². The van der Waals surface area contributed by atoms with E-state index in [4.69, 9.17) is 4.52 Å². The second kappa shape index (κ2) is 6.64. The number of anilines is 1. The van der Waals surface area contributed by atoms with Crippen LogP contribution in [0.4, 0.5) is 10.6 Å². The number of rotatable bonds is 4. The number of urea groups is 1. The van der Waals surface area contributed by atoms with Gasteiger partial charge in [0.05, 0.1) is 0 Å². The summed E-state index contributed by atoms with van der Waals surface area (Å²) in [5.41, 5.74) is 1.32. The van der Waals surface area contributed by atoms with E-state index in [-0.39, 0.29) is 6.03 Å². The topological polar surface area (TPSA) is 58.4 Å². The van der Waals surface area contributed by atoms with Crippen LogP contribution in [0, 0.1) is 6.92 Å². The first-order valence-corrected chi connectivity index (χ1v) is 7.77. The molecule has 1 aromatic heterocycles. The Morgan fingerprint density at radius 3 is 2.95 bits per heavy atom. The van der Waals surface area contributed by atoms with Gasteiger partial charge in [-0.3, -0.25) is 5.32 Å². The molecule has 1 atom stereocenters. The molecule has 5 heteroatoms. The van der Waals surface area contributed by atoms with Gasteiger partial charge in [-0.05, 0) is 38.2 Å². The maximum Gasteiger partial charge on any atom is 0.323 e. The molecule has 1 fully saturated rings. The van der Waals surface area contributed by atoms with E-state index in [1.165, 1.54) is 5.56 Å². The molecule has 116 valence electrons. The molecule has 22 heavy (non-hydrogen) atoms. The average molecular weight is 299 g/mol. The van der Waals surface area contributed by atoms with Crippen molar-refractivity contribution in [2.24, 2.45) is 0 Å². The Labute approximate surface area is 130 Å². The summed E-state index contributed by atoms with van der Waals surface area (Å²) in [6, 6.07) is 12.4. The predicted molar refractivity (Wildman–Crippen MR) is 84.7 cm³/mol. The van der Waals surface area contributed by atoms with Gasteiger partial charge in [0.15, 0.2) is 5.82 Å². The summed E-state index contributed by atoms with van der Waals surface area (Å²) >= 11 is 0. The maximum absolute atomic E-state index is 12.4. The number of carbonyl (C=O) groups excluding carboxylic acids is 1. The number of likely N-dealkylation sites (tertiary alicyclic amines) is 1. The Bertz CT molecular complexity index is 624. The number of amides is 2. The van der Waals surface area contributed by atoms with Crippen LogP contribution in [-0.2, 0) is 6.42 Å². The molecule has 2 heterocycles. The lowest BCUT2D eigenvalue weighted by Crippen LogP contribution is -2.39. The number of hydrogen-bond donors (Lipinski definition) is 1. The third-order valence-corrected chi connectivity index (χ3v) is 4.11. The molecule has 0 aliphatic carbocycles. The molecule has 2 aromatic rings. The third kappa shape index (κ3) is 3.47. The second-order valence-corrected chi connectivity index (χ2v) is 5.77. The van der Waals surface area contributed by atoms with Crippen LogP contribution in [0.3, 0.4) is 0 Å². The molecule has 1 saturated heterocycles. The third-order valence-electron chi connectivity index (χ3n) is 4.11. The summed E-state index contributed by atoms with van der Waals surface area (Å²) in [5.74, 6) is 1.17. The van der Waals surface area contributed by atoms with Crippen molar-refractivity contribution >= 4 is 11.8 Å². The molecule has 3 rings (SSSR count). The summed E-state index contributed by atoms with van der Waals surface area (Å²) in [4.78, 5) is 14.3. The summed E-state index contributed by atoms with van der Waals surface area (Å²) < 4.78 is 4.98. The number of aryl methyl sites for hydroxylation is 2. The minimum atomic E-state index is -0.0798. The smallest absolute Gasteiger partial charge is 0.323 e. The molecular formula is C17H21N3O2. The molecule has 0 unspecified atom stereocenters. The van der Waals surface area contributed by atoms with E-state index in [1.54, 1.807) is 13.0 Å². The molecule has 1 N–H and O–H groups in total. The van der Waals surface area contributed by atoms with Crippen LogP contribution < -0.4 is 5.32 Å². The molecule has 1 aliphatic heterocycles. The fraction of sp³-hybridized carbons (Fsp3) is 0.412. The van der Waals surface area contributed by atoms with E-state index in [1.807, 2.05) is 11.0 Å². The Balaban J connectivity index is 1.56. The standard InChI is InChI=1S/C17H21N3O2/c1-13-12-16(19-22-13)18-17(21)20-11-5-8-15(20)10-9-14-6-3-2-4-7-14/h2-4,6-7,12,15H,5,8-11H2,1H3,(H,18,19,21)/t15-/m1/s1.